The molecule has 4 rings (SSSR count). The van der Waals surface area contributed by atoms with Crippen molar-refractivity contribution < 1.29 is 33.5 Å². The third kappa shape index (κ3) is 4.41. The van der Waals surface area contributed by atoms with Crippen molar-refractivity contribution in [3.63, 3.8) is 0 Å². The molecule has 0 aromatic heterocycles. The van der Waals surface area contributed by atoms with Crippen LogP contribution in [0.1, 0.15) is 33.6 Å². The number of carbonyl (C=O) groups excluding carboxylic acids is 2. The summed E-state index contributed by atoms with van der Waals surface area (Å²) in [6.07, 6.45) is 0.917. The fourth-order valence-electron chi connectivity index (χ4n) is 4.14. The quantitative estimate of drug-likeness (QED) is 0.370. The fourth-order valence-corrected chi connectivity index (χ4v) is 4.14. The van der Waals surface area contributed by atoms with Gasteiger partial charge in [0.2, 0.25) is 0 Å². The van der Waals surface area contributed by atoms with Gasteiger partial charge in [-0.2, -0.15) is 0 Å². The van der Waals surface area contributed by atoms with E-state index in [1.54, 1.807) is 18.2 Å². The van der Waals surface area contributed by atoms with E-state index in [4.69, 9.17) is 18.9 Å². The van der Waals surface area contributed by atoms with E-state index in [9.17, 15) is 19.7 Å². The topological polar surface area (TPSA) is 117 Å². The second kappa shape index (κ2) is 9.35. The number of fused-ring (bicyclic) bond motifs is 1. The number of amides is 1. The maximum Gasteiger partial charge on any atom is 0.286 e. The number of nitrogens with zero attached hydrogens (tertiary/aromatic N) is 2. The molecule has 2 heterocycles. The van der Waals surface area contributed by atoms with Gasteiger partial charge < -0.3 is 23.8 Å². The van der Waals surface area contributed by atoms with Gasteiger partial charge in [0.15, 0.2) is 28.8 Å². The lowest BCUT2D eigenvalue weighted by atomic mass is 9.88. The predicted molar refractivity (Wildman–Crippen MR) is 117 cm³/mol. The molecule has 0 spiro atoms. The average molecular weight is 456 g/mol. The normalized spacial score (nSPS) is 15.6. The molecule has 1 saturated heterocycles. The van der Waals surface area contributed by atoms with Gasteiger partial charge >= 0.3 is 0 Å². The number of carbonyl (C=O) groups is 2. The van der Waals surface area contributed by atoms with E-state index in [0.717, 1.165) is 0 Å². The van der Waals surface area contributed by atoms with E-state index in [2.05, 4.69) is 0 Å². The Bertz CT molecular complexity index is 1090. The number of hydrogen-bond acceptors (Lipinski definition) is 8. The molecule has 0 saturated carbocycles. The summed E-state index contributed by atoms with van der Waals surface area (Å²) in [6.45, 7) is 1.54. The molecule has 0 unspecified atom stereocenters. The van der Waals surface area contributed by atoms with Crippen LogP contribution >= 0.6 is 0 Å². The third-order valence-corrected chi connectivity index (χ3v) is 5.91. The number of hydrogen-bond donors (Lipinski definition) is 0. The summed E-state index contributed by atoms with van der Waals surface area (Å²) in [7, 11) is 2.76. The second-order valence-corrected chi connectivity index (χ2v) is 7.77. The van der Waals surface area contributed by atoms with Crippen molar-refractivity contribution in [2.75, 3.05) is 40.5 Å². The summed E-state index contributed by atoms with van der Waals surface area (Å²) in [4.78, 5) is 38.6. The number of methoxy groups -OCH3 is 2. The molecule has 0 bridgehead atoms. The predicted octanol–water partition coefficient (Wildman–Crippen LogP) is 3.12. The molecule has 33 heavy (non-hydrogen) atoms. The van der Waals surface area contributed by atoms with Gasteiger partial charge in [0.1, 0.15) is 18.8 Å². The summed E-state index contributed by atoms with van der Waals surface area (Å²) < 4.78 is 21.4. The first-order valence-electron chi connectivity index (χ1n) is 10.6. The van der Waals surface area contributed by atoms with Gasteiger partial charge in [0.05, 0.1) is 25.2 Å². The SMILES string of the molecule is COc1cc(C(=O)N2CCC(C(=O)c3ccc4c(c3)OCCO4)CC2)c([N+](=O)[O-])cc1OC. The van der Waals surface area contributed by atoms with E-state index in [1.165, 1.54) is 31.3 Å². The molecular formula is C23H24N2O8. The smallest absolute Gasteiger partial charge is 0.286 e. The highest BCUT2D eigenvalue weighted by Gasteiger charge is 2.32. The lowest BCUT2D eigenvalue weighted by Crippen LogP contribution is -2.40. The van der Waals surface area contributed by atoms with Crippen LogP contribution in [-0.2, 0) is 0 Å². The number of piperidine rings is 1. The number of ether oxygens (including phenoxy) is 4. The first-order chi connectivity index (χ1) is 15.9. The first-order valence-corrected chi connectivity index (χ1v) is 10.6. The molecule has 0 radical (unpaired) electrons. The Kier molecular flexibility index (Phi) is 6.34. The number of nitro groups is 1. The van der Waals surface area contributed by atoms with Gasteiger partial charge in [-0.25, -0.2) is 0 Å². The zero-order chi connectivity index (χ0) is 23.5. The van der Waals surface area contributed by atoms with E-state index in [0.29, 0.717) is 56.2 Å². The molecule has 10 nitrogen and oxygen atoms in total. The van der Waals surface area contributed by atoms with E-state index in [1.807, 2.05) is 0 Å². The van der Waals surface area contributed by atoms with Crippen LogP contribution in [0.3, 0.4) is 0 Å². The molecule has 0 N–H and O–H groups in total. The molecule has 2 aromatic rings. The lowest BCUT2D eigenvalue weighted by molar-refractivity contribution is -0.385. The Balaban J connectivity index is 1.47. The van der Waals surface area contributed by atoms with Crippen molar-refractivity contribution in [2.45, 2.75) is 12.8 Å². The number of rotatable bonds is 6. The number of ketones is 1. The first kappa shape index (κ1) is 22.4. The third-order valence-electron chi connectivity index (χ3n) is 5.91. The largest absolute Gasteiger partial charge is 0.493 e. The highest BCUT2D eigenvalue weighted by atomic mass is 16.6. The fraction of sp³-hybridized carbons (Fsp3) is 0.391. The highest BCUT2D eigenvalue weighted by molar-refractivity contribution is 6.00. The van der Waals surface area contributed by atoms with Gasteiger partial charge in [-0.05, 0) is 31.0 Å². The Hall–Kier alpha value is -3.82. The van der Waals surface area contributed by atoms with E-state index >= 15 is 0 Å². The van der Waals surface area contributed by atoms with Crippen molar-refractivity contribution in [1.29, 1.82) is 0 Å². The van der Waals surface area contributed by atoms with Crippen LogP contribution in [0.2, 0.25) is 0 Å². The standard InChI is InChI=1S/C23H24N2O8/c1-30-19-12-16(17(25(28)29)13-20(19)31-2)23(27)24-7-5-14(6-8-24)22(26)15-3-4-18-21(11-15)33-10-9-32-18/h3-4,11-14H,5-10H2,1-2H3. The average Bonchev–Trinajstić information content (AvgIpc) is 2.86. The summed E-state index contributed by atoms with van der Waals surface area (Å²) in [5, 5.41) is 11.6. The Morgan fingerprint density at radius 3 is 2.27 bits per heavy atom. The minimum atomic E-state index is -0.618. The maximum atomic E-state index is 13.1. The molecule has 2 aliphatic heterocycles. The molecule has 0 aliphatic carbocycles. The van der Waals surface area contributed by atoms with Gasteiger partial charge in [0.25, 0.3) is 11.6 Å². The summed E-state index contributed by atoms with van der Waals surface area (Å²) in [5.41, 5.74) is 0.112. The van der Waals surface area contributed by atoms with Crippen LogP contribution in [0.15, 0.2) is 30.3 Å². The number of benzene rings is 2. The lowest BCUT2D eigenvalue weighted by Gasteiger charge is -2.31. The van der Waals surface area contributed by atoms with Crippen molar-refractivity contribution in [2.24, 2.45) is 5.92 Å². The zero-order valence-corrected chi connectivity index (χ0v) is 18.4. The minimum Gasteiger partial charge on any atom is -0.493 e. The van der Waals surface area contributed by atoms with Crippen molar-refractivity contribution in [3.8, 4) is 23.0 Å². The van der Waals surface area contributed by atoms with Crippen LogP contribution < -0.4 is 18.9 Å². The summed E-state index contributed by atoms with van der Waals surface area (Å²) in [6, 6.07) is 7.66. The van der Waals surface area contributed by atoms with E-state index < -0.39 is 10.8 Å². The molecule has 174 valence electrons. The van der Waals surface area contributed by atoms with Crippen LogP contribution in [0.25, 0.3) is 0 Å². The molecule has 1 fully saturated rings. The van der Waals surface area contributed by atoms with Gasteiger partial charge in [-0.3, -0.25) is 19.7 Å². The molecule has 10 heteroatoms. The number of nitro benzene ring substituents is 1. The van der Waals surface area contributed by atoms with Gasteiger partial charge in [-0.15, -0.1) is 0 Å². The second-order valence-electron chi connectivity index (χ2n) is 7.77. The Morgan fingerprint density at radius 1 is 1.00 bits per heavy atom. The highest BCUT2D eigenvalue weighted by Crippen LogP contribution is 2.36. The van der Waals surface area contributed by atoms with E-state index in [-0.39, 0.29) is 34.5 Å². The van der Waals surface area contributed by atoms with Crippen LogP contribution in [0, 0.1) is 16.0 Å². The van der Waals surface area contributed by atoms with Crippen molar-refractivity contribution >= 4 is 17.4 Å². The number of Topliss-reactive ketones (excluding diaryl/α,β-unsaturated/α-hetero) is 1. The van der Waals surface area contributed by atoms with Gasteiger partial charge in [0, 0.05) is 30.6 Å². The molecular weight excluding hydrogens is 432 g/mol. The Labute approximate surface area is 190 Å². The number of likely N-dealkylation sites (tertiary alicyclic amines) is 1. The van der Waals surface area contributed by atoms with Crippen LogP contribution in [-0.4, -0.2) is 62.0 Å². The van der Waals surface area contributed by atoms with Crippen LogP contribution in [0.4, 0.5) is 5.69 Å². The Morgan fingerprint density at radius 2 is 1.64 bits per heavy atom. The maximum absolute atomic E-state index is 13.1. The monoisotopic (exact) mass is 456 g/mol. The molecule has 2 aliphatic rings. The van der Waals surface area contributed by atoms with Crippen molar-refractivity contribution in [1.82, 2.24) is 4.90 Å². The summed E-state index contributed by atoms with van der Waals surface area (Å²) >= 11 is 0. The van der Waals surface area contributed by atoms with Gasteiger partial charge in [-0.1, -0.05) is 0 Å². The minimum absolute atomic E-state index is 0.0174. The van der Waals surface area contributed by atoms with Crippen molar-refractivity contribution in [3.05, 3.63) is 51.6 Å². The molecule has 1 amide bonds. The summed E-state index contributed by atoms with van der Waals surface area (Å²) in [5.74, 6) is 0.830. The van der Waals surface area contributed by atoms with Crippen LogP contribution in [0.5, 0.6) is 23.0 Å². The molecule has 0 atom stereocenters. The zero-order valence-electron chi connectivity index (χ0n) is 18.4. The molecule has 2 aromatic carbocycles.